The quantitative estimate of drug-likeness (QED) is 0.456. The minimum atomic E-state index is -3.39. The molecule has 0 unspecified atom stereocenters. The Kier molecular flexibility index (Phi) is 5.89. The number of anilines is 2. The summed E-state index contributed by atoms with van der Waals surface area (Å²) in [6.07, 6.45) is 1.08. The topological polar surface area (TPSA) is 107 Å². The number of nitrogens with zero attached hydrogens (tertiary/aromatic N) is 1. The lowest BCUT2D eigenvalue weighted by molar-refractivity contribution is 0.0475. The summed E-state index contributed by atoms with van der Waals surface area (Å²) < 4.78 is 29.1. The van der Waals surface area contributed by atoms with Crippen LogP contribution in [0.25, 0.3) is 0 Å². The molecule has 0 spiro atoms. The molecule has 0 saturated carbocycles. The van der Waals surface area contributed by atoms with Crippen LogP contribution in [0, 0.1) is 0 Å². The fourth-order valence-electron chi connectivity index (χ4n) is 2.02. The summed E-state index contributed by atoms with van der Waals surface area (Å²) in [6, 6.07) is 10.2. The smallest absolute Gasteiger partial charge is 0.338 e. The molecule has 138 valence electrons. The molecule has 0 aliphatic heterocycles. The average molecular weight is 397 g/mol. The van der Waals surface area contributed by atoms with Crippen molar-refractivity contribution in [3.8, 4) is 0 Å². The number of benzene rings is 2. The molecule has 0 bridgehead atoms. The van der Waals surface area contributed by atoms with E-state index in [1.54, 1.807) is 0 Å². The number of halogens is 1. The third kappa shape index (κ3) is 4.74. The van der Waals surface area contributed by atoms with Gasteiger partial charge in [0.25, 0.3) is 0 Å². The Morgan fingerprint density at radius 1 is 1.12 bits per heavy atom. The molecule has 9 heteroatoms. The lowest BCUT2D eigenvalue weighted by Crippen LogP contribution is -2.24. The Bertz CT molecular complexity index is 942. The van der Waals surface area contributed by atoms with Crippen LogP contribution in [0.4, 0.5) is 11.4 Å². The number of ketones is 1. The number of esters is 1. The lowest BCUT2D eigenvalue weighted by atomic mass is 10.1. The van der Waals surface area contributed by atoms with Gasteiger partial charge < -0.3 is 10.5 Å². The maximum atomic E-state index is 12.1. The zero-order valence-corrected chi connectivity index (χ0v) is 15.7. The highest BCUT2D eigenvalue weighted by Crippen LogP contribution is 2.20. The number of carbonyl (C=O) groups is 2. The van der Waals surface area contributed by atoms with Crippen molar-refractivity contribution in [2.75, 3.05) is 29.9 Å². The minimum absolute atomic E-state index is 0.185. The van der Waals surface area contributed by atoms with E-state index >= 15 is 0 Å². The van der Waals surface area contributed by atoms with Crippen LogP contribution in [-0.2, 0) is 14.8 Å². The molecule has 0 atom stereocenters. The van der Waals surface area contributed by atoms with Gasteiger partial charge in [-0.3, -0.25) is 9.10 Å². The molecule has 0 saturated heterocycles. The standard InChI is InChI=1S/C17H17ClN2O5S/c1-20(26(2,23)24)13-6-3-11(4-7-13)16(21)10-25-17(22)12-5-8-14(18)15(19)9-12/h3-9H,10,19H2,1-2H3. The lowest BCUT2D eigenvalue weighted by Gasteiger charge is -2.16. The van der Waals surface area contributed by atoms with Gasteiger partial charge in [0.15, 0.2) is 12.4 Å². The molecular formula is C17H17ClN2O5S. The Morgan fingerprint density at radius 3 is 2.23 bits per heavy atom. The van der Waals surface area contributed by atoms with Crippen molar-refractivity contribution in [1.82, 2.24) is 0 Å². The van der Waals surface area contributed by atoms with Gasteiger partial charge in [-0.15, -0.1) is 0 Å². The van der Waals surface area contributed by atoms with Gasteiger partial charge >= 0.3 is 5.97 Å². The highest BCUT2D eigenvalue weighted by atomic mass is 35.5. The first-order valence-electron chi connectivity index (χ1n) is 7.39. The normalized spacial score (nSPS) is 11.0. The van der Waals surface area contributed by atoms with Crippen LogP contribution in [0.3, 0.4) is 0 Å². The van der Waals surface area contributed by atoms with E-state index in [0.29, 0.717) is 16.3 Å². The van der Waals surface area contributed by atoms with Gasteiger partial charge in [-0.05, 0) is 42.5 Å². The van der Waals surface area contributed by atoms with E-state index in [1.165, 1.54) is 49.5 Å². The summed E-state index contributed by atoms with van der Waals surface area (Å²) in [5, 5.41) is 0.316. The number of rotatable bonds is 6. The van der Waals surface area contributed by atoms with Crippen molar-refractivity contribution in [2.24, 2.45) is 0 Å². The van der Waals surface area contributed by atoms with Crippen molar-refractivity contribution in [1.29, 1.82) is 0 Å². The van der Waals surface area contributed by atoms with Crippen LogP contribution in [0.2, 0.25) is 5.02 Å². The Balaban J connectivity index is 2.01. The second kappa shape index (κ2) is 7.76. The zero-order valence-electron chi connectivity index (χ0n) is 14.1. The number of hydrogen-bond donors (Lipinski definition) is 1. The zero-order chi connectivity index (χ0) is 19.5. The van der Waals surface area contributed by atoms with Crippen molar-refractivity contribution < 1.29 is 22.7 Å². The molecule has 0 aromatic heterocycles. The first kappa shape index (κ1) is 19.7. The van der Waals surface area contributed by atoms with Gasteiger partial charge in [-0.2, -0.15) is 0 Å². The molecule has 0 radical (unpaired) electrons. The minimum Gasteiger partial charge on any atom is -0.454 e. The van der Waals surface area contributed by atoms with Gasteiger partial charge in [0.2, 0.25) is 10.0 Å². The van der Waals surface area contributed by atoms with Gasteiger partial charge in [0.1, 0.15) is 0 Å². The second-order valence-corrected chi connectivity index (χ2v) is 7.93. The Labute approximate surface area is 156 Å². The Hall–Kier alpha value is -2.58. The van der Waals surface area contributed by atoms with E-state index in [2.05, 4.69) is 0 Å². The maximum absolute atomic E-state index is 12.1. The van der Waals surface area contributed by atoms with Crippen LogP contribution < -0.4 is 10.0 Å². The molecule has 2 N–H and O–H groups in total. The van der Waals surface area contributed by atoms with Gasteiger partial charge in [-0.25, -0.2) is 13.2 Å². The summed E-state index contributed by atoms with van der Waals surface area (Å²) in [6.45, 7) is -0.456. The van der Waals surface area contributed by atoms with E-state index in [1.807, 2.05) is 0 Å². The predicted octanol–water partition coefficient (Wildman–Crippen LogP) is 2.36. The van der Waals surface area contributed by atoms with Crippen LogP contribution in [0.15, 0.2) is 42.5 Å². The molecule has 26 heavy (non-hydrogen) atoms. The summed E-state index contributed by atoms with van der Waals surface area (Å²) >= 11 is 5.78. The third-order valence-corrected chi connectivity index (χ3v) is 5.17. The molecule has 2 aromatic rings. The number of ether oxygens (including phenoxy) is 1. The monoisotopic (exact) mass is 396 g/mol. The molecule has 7 nitrogen and oxygen atoms in total. The Morgan fingerprint density at radius 2 is 1.69 bits per heavy atom. The number of Topliss-reactive ketones (excluding diaryl/α,β-unsaturated/α-hetero) is 1. The van der Waals surface area contributed by atoms with Crippen molar-refractivity contribution in [3.05, 3.63) is 58.6 Å². The van der Waals surface area contributed by atoms with Gasteiger partial charge in [-0.1, -0.05) is 11.6 Å². The molecule has 0 fully saturated rings. The fraction of sp³-hybridized carbons (Fsp3) is 0.176. The molecule has 0 heterocycles. The average Bonchev–Trinajstić information content (AvgIpc) is 2.60. The molecule has 0 aliphatic rings. The SMILES string of the molecule is CN(c1ccc(C(=O)COC(=O)c2ccc(Cl)c(N)c2)cc1)S(C)(=O)=O. The number of hydrogen-bond acceptors (Lipinski definition) is 6. The number of sulfonamides is 1. The number of nitrogens with two attached hydrogens (primary N) is 1. The van der Waals surface area contributed by atoms with Crippen molar-refractivity contribution in [3.63, 3.8) is 0 Å². The molecule has 2 rings (SSSR count). The van der Waals surface area contributed by atoms with Crippen LogP contribution >= 0.6 is 11.6 Å². The first-order chi connectivity index (χ1) is 12.1. The van der Waals surface area contributed by atoms with Crippen LogP contribution in [0.5, 0.6) is 0 Å². The highest BCUT2D eigenvalue weighted by Gasteiger charge is 2.15. The summed E-state index contributed by atoms with van der Waals surface area (Å²) in [5.41, 5.74) is 6.75. The van der Waals surface area contributed by atoms with Crippen LogP contribution in [-0.4, -0.2) is 40.1 Å². The van der Waals surface area contributed by atoms with E-state index in [0.717, 1.165) is 10.6 Å². The molecule has 2 aromatic carbocycles. The van der Waals surface area contributed by atoms with E-state index < -0.39 is 28.4 Å². The largest absolute Gasteiger partial charge is 0.454 e. The summed E-state index contributed by atoms with van der Waals surface area (Å²) in [4.78, 5) is 24.1. The maximum Gasteiger partial charge on any atom is 0.338 e. The molecular weight excluding hydrogens is 380 g/mol. The van der Waals surface area contributed by atoms with Crippen molar-refractivity contribution >= 4 is 44.8 Å². The predicted molar refractivity (Wildman–Crippen MR) is 100 cm³/mol. The summed E-state index contributed by atoms with van der Waals surface area (Å²) in [7, 11) is -1.98. The van der Waals surface area contributed by atoms with Gasteiger partial charge in [0.05, 0.1) is 28.2 Å². The van der Waals surface area contributed by atoms with E-state index in [4.69, 9.17) is 22.1 Å². The third-order valence-electron chi connectivity index (χ3n) is 3.62. The van der Waals surface area contributed by atoms with Crippen LogP contribution in [0.1, 0.15) is 20.7 Å². The van der Waals surface area contributed by atoms with E-state index in [9.17, 15) is 18.0 Å². The number of nitrogen functional groups attached to an aromatic ring is 1. The second-order valence-electron chi connectivity index (χ2n) is 5.51. The highest BCUT2D eigenvalue weighted by molar-refractivity contribution is 7.92. The molecule has 0 aliphatic carbocycles. The fourth-order valence-corrected chi connectivity index (χ4v) is 2.64. The summed E-state index contributed by atoms with van der Waals surface area (Å²) in [5.74, 6) is -1.12. The first-order valence-corrected chi connectivity index (χ1v) is 9.61. The molecule has 0 amide bonds. The van der Waals surface area contributed by atoms with Crippen molar-refractivity contribution in [2.45, 2.75) is 0 Å². The number of carbonyl (C=O) groups excluding carboxylic acids is 2. The van der Waals surface area contributed by atoms with Gasteiger partial charge in [0, 0.05) is 12.6 Å². The van der Waals surface area contributed by atoms with E-state index in [-0.39, 0.29) is 11.3 Å².